The van der Waals surface area contributed by atoms with Gasteiger partial charge in [-0.1, -0.05) is 0 Å². The highest BCUT2D eigenvalue weighted by Crippen LogP contribution is 2.30. The van der Waals surface area contributed by atoms with Gasteiger partial charge in [-0.2, -0.15) is 0 Å². The minimum absolute atomic E-state index is 0.309. The molecule has 2 aromatic rings. The Morgan fingerprint density at radius 2 is 1.92 bits per heavy atom. The number of amides is 1. The molecule has 6 heteroatoms. The van der Waals surface area contributed by atoms with E-state index in [1.165, 1.54) is 5.56 Å². The van der Waals surface area contributed by atoms with Crippen molar-refractivity contribution in [2.24, 2.45) is 0 Å². The smallest absolute Gasteiger partial charge is 0.407 e. The molecule has 1 aromatic carbocycles. The number of rotatable bonds is 2. The van der Waals surface area contributed by atoms with E-state index >= 15 is 0 Å². The summed E-state index contributed by atoms with van der Waals surface area (Å²) in [5, 5.41) is 3.78. The molecule has 0 aliphatic carbocycles. The van der Waals surface area contributed by atoms with Gasteiger partial charge >= 0.3 is 11.7 Å². The van der Waals surface area contributed by atoms with Crippen LogP contribution in [0.25, 0.3) is 11.0 Å². The van der Waals surface area contributed by atoms with Crippen LogP contribution in [-0.4, -0.2) is 36.2 Å². The minimum Gasteiger partial charge on any atom is -0.441 e. The zero-order valence-electron chi connectivity index (χ0n) is 15.3. The number of ether oxygens (including phenoxy) is 1. The predicted octanol–water partition coefficient (Wildman–Crippen LogP) is 2.87. The van der Waals surface area contributed by atoms with Gasteiger partial charge in [0.1, 0.15) is 11.2 Å². The summed E-state index contributed by atoms with van der Waals surface area (Å²) in [6.45, 7) is 7.14. The van der Waals surface area contributed by atoms with Crippen molar-refractivity contribution in [1.29, 1.82) is 0 Å². The lowest BCUT2D eigenvalue weighted by Crippen LogP contribution is -2.34. The molecule has 1 spiro atoms. The maximum absolute atomic E-state index is 12.0. The number of aryl methyl sites for hydroxylation is 2. The van der Waals surface area contributed by atoms with E-state index in [9.17, 15) is 9.59 Å². The molecule has 6 nitrogen and oxygen atoms in total. The third-order valence-electron chi connectivity index (χ3n) is 5.69. The molecule has 1 N–H and O–H groups in total. The molecule has 2 saturated heterocycles. The van der Waals surface area contributed by atoms with Crippen LogP contribution in [-0.2, 0) is 11.3 Å². The molecule has 0 bridgehead atoms. The van der Waals surface area contributed by atoms with Crippen molar-refractivity contribution in [2.75, 3.05) is 19.6 Å². The molecule has 2 aliphatic heterocycles. The number of alkyl carbamates (subject to hydrolysis) is 1. The van der Waals surface area contributed by atoms with Crippen molar-refractivity contribution >= 4 is 17.1 Å². The molecule has 1 unspecified atom stereocenters. The summed E-state index contributed by atoms with van der Waals surface area (Å²) in [6, 6.07) is 5.65. The van der Waals surface area contributed by atoms with Crippen molar-refractivity contribution in [3.8, 4) is 0 Å². The Balaban J connectivity index is 1.58. The molecule has 1 atom stereocenters. The van der Waals surface area contributed by atoms with Gasteiger partial charge in [0.2, 0.25) is 0 Å². The van der Waals surface area contributed by atoms with Crippen molar-refractivity contribution in [3.63, 3.8) is 0 Å². The SMILES string of the molecule is Cc1cc2oc(=O)cc(CN3CCCC4(CC3)CNC(=O)O4)c2cc1C. The fraction of sp³-hybridized carbons (Fsp3) is 0.500. The Kier molecular flexibility index (Phi) is 4.23. The first-order chi connectivity index (χ1) is 12.4. The van der Waals surface area contributed by atoms with Crippen LogP contribution >= 0.6 is 0 Å². The van der Waals surface area contributed by atoms with Crippen molar-refractivity contribution < 1.29 is 13.9 Å². The lowest BCUT2D eigenvalue weighted by molar-refractivity contribution is 0.0443. The number of hydrogen-bond donors (Lipinski definition) is 1. The second-order valence-corrected chi connectivity index (χ2v) is 7.58. The normalized spacial score (nSPS) is 23.8. The van der Waals surface area contributed by atoms with E-state index in [0.29, 0.717) is 18.7 Å². The van der Waals surface area contributed by atoms with E-state index in [1.54, 1.807) is 6.07 Å². The molecule has 0 radical (unpaired) electrons. The van der Waals surface area contributed by atoms with Crippen molar-refractivity contribution in [3.05, 3.63) is 45.3 Å². The summed E-state index contributed by atoms with van der Waals surface area (Å²) in [7, 11) is 0. The van der Waals surface area contributed by atoms with Gasteiger partial charge in [0.05, 0.1) is 6.54 Å². The average Bonchev–Trinajstić information content (AvgIpc) is 2.83. The van der Waals surface area contributed by atoms with Crippen LogP contribution < -0.4 is 10.9 Å². The van der Waals surface area contributed by atoms with Gasteiger partial charge in [-0.3, -0.25) is 4.90 Å². The van der Waals surface area contributed by atoms with Gasteiger partial charge in [-0.25, -0.2) is 9.59 Å². The minimum atomic E-state index is -0.364. The number of likely N-dealkylation sites (tertiary alicyclic amines) is 1. The fourth-order valence-electron chi connectivity index (χ4n) is 4.02. The van der Waals surface area contributed by atoms with Crippen LogP contribution in [0.4, 0.5) is 4.79 Å². The molecule has 4 rings (SSSR count). The fourth-order valence-corrected chi connectivity index (χ4v) is 4.02. The number of benzene rings is 1. The second-order valence-electron chi connectivity index (χ2n) is 7.58. The summed E-state index contributed by atoms with van der Waals surface area (Å²) in [5.74, 6) is 0. The number of fused-ring (bicyclic) bond motifs is 1. The highest BCUT2D eigenvalue weighted by molar-refractivity contribution is 5.81. The van der Waals surface area contributed by atoms with Crippen LogP contribution in [0.5, 0.6) is 0 Å². The Hall–Kier alpha value is -2.34. The highest BCUT2D eigenvalue weighted by Gasteiger charge is 2.41. The van der Waals surface area contributed by atoms with Crippen LogP contribution in [0.3, 0.4) is 0 Å². The average molecular weight is 356 g/mol. The summed E-state index contributed by atoms with van der Waals surface area (Å²) >= 11 is 0. The molecule has 26 heavy (non-hydrogen) atoms. The zero-order chi connectivity index (χ0) is 18.3. The standard InChI is InChI=1S/C20H24N2O4/c1-13-8-16-15(10-18(23)25-17(16)9-14(13)2)11-22-6-3-4-20(5-7-22)12-21-19(24)26-20/h8-10H,3-7,11-12H2,1-2H3,(H,21,24). The molecule has 1 aromatic heterocycles. The molecule has 2 aliphatic rings. The number of carbonyl (C=O) groups excluding carboxylic acids is 1. The maximum Gasteiger partial charge on any atom is 0.407 e. The lowest BCUT2D eigenvalue weighted by Gasteiger charge is -2.25. The third kappa shape index (κ3) is 3.21. The second kappa shape index (κ2) is 6.43. The molecule has 1 amide bonds. The summed E-state index contributed by atoms with van der Waals surface area (Å²) < 4.78 is 10.9. The number of carbonyl (C=O) groups is 1. The van der Waals surface area contributed by atoms with E-state index in [4.69, 9.17) is 9.15 Å². The van der Waals surface area contributed by atoms with Gasteiger partial charge in [0.15, 0.2) is 0 Å². The number of nitrogens with one attached hydrogen (secondary N) is 1. The van der Waals surface area contributed by atoms with Crippen LogP contribution in [0.2, 0.25) is 0 Å². The van der Waals surface area contributed by atoms with Gasteiger partial charge in [0.25, 0.3) is 0 Å². The number of hydrogen-bond acceptors (Lipinski definition) is 5. The van der Waals surface area contributed by atoms with Crippen LogP contribution in [0, 0.1) is 13.8 Å². The predicted molar refractivity (Wildman–Crippen MR) is 98.3 cm³/mol. The lowest BCUT2D eigenvalue weighted by atomic mass is 9.95. The van der Waals surface area contributed by atoms with Gasteiger partial charge in [-0.05, 0) is 62.1 Å². The van der Waals surface area contributed by atoms with Gasteiger partial charge in [-0.15, -0.1) is 0 Å². The summed E-state index contributed by atoms with van der Waals surface area (Å²) in [4.78, 5) is 25.8. The molecule has 138 valence electrons. The zero-order valence-corrected chi connectivity index (χ0v) is 15.3. The van der Waals surface area contributed by atoms with Crippen molar-refractivity contribution in [2.45, 2.75) is 45.3 Å². The molecule has 0 saturated carbocycles. The van der Waals surface area contributed by atoms with E-state index in [2.05, 4.69) is 23.2 Å². The Bertz CT molecular complexity index is 920. The first-order valence-electron chi connectivity index (χ1n) is 9.17. The Morgan fingerprint density at radius 1 is 1.12 bits per heavy atom. The molecule has 3 heterocycles. The molecular weight excluding hydrogens is 332 g/mol. The van der Waals surface area contributed by atoms with Gasteiger partial charge in [0, 0.05) is 31.0 Å². The maximum atomic E-state index is 12.0. The van der Waals surface area contributed by atoms with Crippen LogP contribution in [0.15, 0.2) is 27.4 Å². The first-order valence-corrected chi connectivity index (χ1v) is 9.17. The topological polar surface area (TPSA) is 71.8 Å². The largest absolute Gasteiger partial charge is 0.441 e. The summed E-state index contributed by atoms with van der Waals surface area (Å²) in [6.07, 6.45) is 2.34. The van der Waals surface area contributed by atoms with E-state index < -0.39 is 0 Å². The number of nitrogens with zero attached hydrogens (tertiary/aromatic N) is 1. The third-order valence-corrected chi connectivity index (χ3v) is 5.69. The van der Waals surface area contributed by atoms with Gasteiger partial charge < -0.3 is 14.5 Å². The van der Waals surface area contributed by atoms with E-state index in [1.807, 2.05) is 13.0 Å². The highest BCUT2D eigenvalue weighted by atomic mass is 16.6. The Morgan fingerprint density at radius 3 is 2.69 bits per heavy atom. The first kappa shape index (κ1) is 17.1. The van der Waals surface area contributed by atoms with Crippen molar-refractivity contribution in [1.82, 2.24) is 10.2 Å². The Labute approximate surface area is 152 Å². The monoisotopic (exact) mass is 356 g/mol. The quantitative estimate of drug-likeness (QED) is 0.838. The summed E-state index contributed by atoms with van der Waals surface area (Å²) in [5.41, 5.74) is 3.28. The molecular formula is C20H24N2O4. The van der Waals surface area contributed by atoms with E-state index in [-0.39, 0.29) is 17.3 Å². The van der Waals surface area contributed by atoms with E-state index in [0.717, 1.165) is 48.9 Å². The van der Waals surface area contributed by atoms with Crippen LogP contribution in [0.1, 0.15) is 36.0 Å². The molecule has 2 fully saturated rings.